The van der Waals surface area contributed by atoms with Crippen LogP contribution >= 0.6 is 23.2 Å². The van der Waals surface area contributed by atoms with Gasteiger partial charge in [0.05, 0.1) is 0 Å². The molecule has 5 nitrogen and oxygen atoms in total. The van der Waals surface area contributed by atoms with Crippen molar-refractivity contribution in [2.24, 2.45) is 0 Å². The van der Waals surface area contributed by atoms with Crippen molar-refractivity contribution in [1.82, 2.24) is 14.8 Å². The summed E-state index contributed by atoms with van der Waals surface area (Å²) in [6.07, 6.45) is 0. The van der Waals surface area contributed by atoms with Gasteiger partial charge in [0, 0.05) is 54.6 Å². The van der Waals surface area contributed by atoms with E-state index in [0.717, 1.165) is 17.1 Å². The highest BCUT2D eigenvalue weighted by molar-refractivity contribution is 6.33. The molecule has 2 aromatic carbocycles. The zero-order chi connectivity index (χ0) is 23.2. The number of nitrogens with zero attached hydrogens (tertiary/aromatic N) is 3. The minimum absolute atomic E-state index is 0.190. The van der Waals surface area contributed by atoms with E-state index < -0.39 is 5.54 Å². The molecule has 0 saturated carbocycles. The normalized spacial score (nSPS) is 18.5. The summed E-state index contributed by atoms with van der Waals surface area (Å²) in [6, 6.07) is 18.4. The van der Waals surface area contributed by atoms with Crippen molar-refractivity contribution in [3.8, 4) is 0 Å². The van der Waals surface area contributed by atoms with E-state index in [1.54, 1.807) is 30.3 Å². The van der Waals surface area contributed by atoms with Crippen LogP contribution in [0.1, 0.15) is 37.5 Å². The number of ketones is 2. The lowest BCUT2D eigenvalue weighted by atomic mass is 9.82. The summed E-state index contributed by atoms with van der Waals surface area (Å²) >= 11 is 12.6. The van der Waals surface area contributed by atoms with E-state index in [-0.39, 0.29) is 16.7 Å². The lowest BCUT2D eigenvalue weighted by Gasteiger charge is -2.44. The number of benzene rings is 2. The van der Waals surface area contributed by atoms with Gasteiger partial charge in [0.1, 0.15) is 5.15 Å². The third-order valence-corrected chi connectivity index (χ3v) is 7.17. The van der Waals surface area contributed by atoms with Crippen LogP contribution in [0.2, 0.25) is 10.2 Å². The van der Waals surface area contributed by atoms with E-state index in [2.05, 4.69) is 9.88 Å². The van der Waals surface area contributed by atoms with Gasteiger partial charge in [-0.05, 0) is 36.2 Å². The summed E-state index contributed by atoms with van der Waals surface area (Å²) in [5.41, 5.74) is 1.84. The van der Waals surface area contributed by atoms with Crippen LogP contribution in [0.3, 0.4) is 0 Å². The summed E-state index contributed by atoms with van der Waals surface area (Å²) in [6.45, 7) is 5.09. The van der Waals surface area contributed by atoms with Gasteiger partial charge in [0.2, 0.25) is 0 Å². The average Bonchev–Trinajstić information content (AvgIpc) is 3.03. The molecular weight excluding hydrogens is 457 g/mol. The number of hydrogen-bond donors (Lipinski definition) is 0. The van der Waals surface area contributed by atoms with Crippen molar-refractivity contribution in [2.45, 2.75) is 19.0 Å². The second kappa shape index (κ2) is 8.65. The van der Waals surface area contributed by atoms with Crippen LogP contribution in [-0.4, -0.2) is 52.5 Å². The molecule has 5 rings (SSSR count). The van der Waals surface area contributed by atoms with Crippen LogP contribution in [-0.2, 0) is 12.1 Å². The molecule has 1 fully saturated rings. The topological polar surface area (TPSA) is 53.5 Å². The van der Waals surface area contributed by atoms with Crippen LogP contribution in [0.4, 0.5) is 0 Å². The van der Waals surface area contributed by atoms with Crippen molar-refractivity contribution in [1.29, 1.82) is 0 Å². The Hall–Kier alpha value is -2.57. The number of fused-ring (bicyclic) bond motifs is 1. The van der Waals surface area contributed by atoms with Gasteiger partial charge < -0.3 is 0 Å². The molecule has 3 aromatic rings. The smallest absolute Gasteiger partial charge is 0.196 e. The van der Waals surface area contributed by atoms with E-state index >= 15 is 0 Å². The van der Waals surface area contributed by atoms with Crippen molar-refractivity contribution in [3.05, 3.63) is 98.8 Å². The fourth-order valence-corrected chi connectivity index (χ4v) is 5.50. The van der Waals surface area contributed by atoms with Gasteiger partial charge >= 0.3 is 0 Å². The molecule has 0 N–H and O–H groups in total. The molecule has 0 amide bonds. The molecule has 0 spiro atoms. The number of carbonyl (C=O) groups excluding carboxylic acids is 2. The zero-order valence-corrected chi connectivity index (χ0v) is 19.7. The molecule has 0 unspecified atom stereocenters. The van der Waals surface area contributed by atoms with Crippen LogP contribution < -0.4 is 0 Å². The maximum Gasteiger partial charge on any atom is 0.196 e. The maximum absolute atomic E-state index is 13.9. The van der Waals surface area contributed by atoms with Crippen molar-refractivity contribution in [3.63, 3.8) is 0 Å². The molecule has 0 bridgehead atoms. The summed E-state index contributed by atoms with van der Waals surface area (Å²) < 4.78 is 0. The number of aromatic nitrogens is 1. The number of piperazine rings is 1. The molecule has 2 heterocycles. The lowest BCUT2D eigenvalue weighted by Crippen LogP contribution is -2.60. The summed E-state index contributed by atoms with van der Waals surface area (Å²) in [5, 5.41) is 1.02. The Bertz CT molecular complexity index is 1200. The van der Waals surface area contributed by atoms with Gasteiger partial charge in [-0.1, -0.05) is 65.7 Å². The predicted octanol–water partition coefficient (Wildman–Crippen LogP) is 4.79. The molecule has 1 aliphatic carbocycles. The fraction of sp³-hybridized carbons (Fsp3) is 0.269. The molecular formula is C26H23Cl2N3O2. The first-order chi connectivity index (χ1) is 15.9. The first-order valence-electron chi connectivity index (χ1n) is 11.0. The van der Waals surface area contributed by atoms with Crippen molar-refractivity contribution >= 4 is 34.8 Å². The Morgan fingerprint density at radius 2 is 1.48 bits per heavy atom. The van der Waals surface area contributed by atoms with Crippen molar-refractivity contribution < 1.29 is 9.59 Å². The Labute approximate surface area is 202 Å². The van der Waals surface area contributed by atoms with Crippen LogP contribution in [0.25, 0.3) is 0 Å². The third-order valence-electron chi connectivity index (χ3n) is 6.61. The molecule has 168 valence electrons. The minimum atomic E-state index is -1.42. The van der Waals surface area contributed by atoms with Crippen molar-refractivity contribution in [2.75, 3.05) is 26.2 Å². The Kier molecular flexibility index (Phi) is 5.83. The molecule has 2 aliphatic rings. The van der Waals surface area contributed by atoms with E-state index in [1.807, 2.05) is 42.2 Å². The highest BCUT2D eigenvalue weighted by Gasteiger charge is 2.58. The molecule has 0 atom stereocenters. The van der Waals surface area contributed by atoms with E-state index in [4.69, 9.17) is 23.2 Å². The molecule has 0 radical (unpaired) electrons. The predicted molar refractivity (Wildman–Crippen MR) is 129 cm³/mol. The SMILES string of the molecule is Cc1cc(C2(N3CCN(Cc4ccccc4Cl)CC3)C(=O)c3ccccc3C2=O)cc(Cl)n1. The number of carbonyl (C=O) groups is 2. The second-order valence-electron chi connectivity index (χ2n) is 8.59. The van der Waals surface area contributed by atoms with E-state index in [1.165, 1.54) is 0 Å². The number of Topliss-reactive ketones (excluding diaryl/α,β-unsaturated/α-hetero) is 2. The monoisotopic (exact) mass is 479 g/mol. The highest BCUT2D eigenvalue weighted by Crippen LogP contribution is 2.43. The molecule has 1 aromatic heterocycles. The van der Waals surface area contributed by atoms with Crippen LogP contribution in [0, 0.1) is 6.92 Å². The quantitative estimate of drug-likeness (QED) is 0.397. The van der Waals surface area contributed by atoms with E-state index in [0.29, 0.717) is 48.6 Å². The second-order valence-corrected chi connectivity index (χ2v) is 9.38. The molecule has 33 heavy (non-hydrogen) atoms. The molecule has 7 heteroatoms. The number of pyridine rings is 1. The average molecular weight is 480 g/mol. The summed E-state index contributed by atoms with van der Waals surface area (Å²) in [4.78, 5) is 36.4. The standard InChI is InChI=1S/C26H23Cl2N3O2/c1-17-14-19(15-23(28)29-17)26(24(32)20-7-3-4-8-21(20)25(26)33)31-12-10-30(11-13-31)16-18-6-2-5-9-22(18)27/h2-9,14-15H,10-13,16H2,1H3. The Morgan fingerprint density at radius 1 is 0.879 bits per heavy atom. The highest BCUT2D eigenvalue weighted by atomic mass is 35.5. The number of hydrogen-bond acceptors (Lipinski definition) is 5. The molecule has 1 aliphatic heterocycles. The first kappa shape index (κ1) is 22.2. The number of rotatable bonds is 4. The fourth-order valence-electron chi connectivity index (χ4n) is 5.05. The largest absolute Gasteiger partial charge is 0.296 e. The van der Waals surface area contributed by atoms with Crippen LogP contribution in [0.15, 0.2) is 60.7 Å². The maximum atomic E-state index is 13.9. The Balaban J connectivity index is 1.50. The van der Waals surface area contributed by atoms with Gasteiger partial charge in [-0.15, -0.1) is 0 Å². The summed E-state index contributed by atoms with van der Waals surface area (Å²) in [5.74, 6) is -0.381. The van der Waals surface area contributed by atoms with E-state index in [9.17, 15) is 9.59 Å². The minimum Gasteiger partial charge on any atom is -0.296 e. The zero-order valence-electron chi connectivity index (χ0n) is 18.2. The third kappa shape index (κ3) is 3.69. The lowest BCUT2D eigenvalue weighted by molar-refractivity contribution is 0.0279. The Morgan fingerprint density at radius 3 is 2.09 bits per heavy atom. The van der Waals surface area contributed by atoms with Gasteiger partial charge in [0.25, 0.3) is 0 Å². The first-order valence-corrected chi connectivity index (χ1v) is 11.7. The number of halogens is 2. The van der Waals surface area contributed by atoms with Crippen LogP contribution in [0.5, 0.6) is 0 Å². The van der Waals surface area contributed by atoms with Gasteiger partial charge in [-0.3, -0.25) is 19.4 Å². The van der Waals surface area contributed by atoms with Gasteiger partial charge in [0.15, 0.2) is 17.1 Å². The van der Waals surface area contributed by atoms with Gasteiger partial charge in [-0.2, -0.15) is 0 Å². The summed E-state index contributed by atoms with van der Waals surface area (Å²) in [7, 11) is 0. The number of aryl methyl sites for hydroxylation is 1. The molecule has 1 saturated heterocycles. The van der Waals surface area contributed by atoms with Gasteiger partial charge in [-0.25, -0.2) is 4.98 Å².